The van der Waals surface area contributed by atoms with Crippen LogP contribution in [0.1, 0.15) is 43.7 Å². The number of hydrogen-bond donors (Lipinski definition) is 1. The van der Waals surface area contributed by atoms with E-state index in [2.05, 4.69) is 41.4 Å². The maximum absolute atomic E-state index is 11.8. The molecule has 0 spiro atoms. The molecular weight excluding hydrogens is 509 g/mol. The molecule has 3 rings (SSSR count). The number of aliphatic imine (C=N–C) groups is 1. The Morgan fingerprint density at radius 1 is 1.19 bits per heavy atom. The standard InChI is InChI=1S/C23H35N3O4.HI/c1-3-24-23(26-11-7-20(8-12-26)22(27)28-2)25-16-18-5-4-6-19(15-18)17-30-21-9-13-29-14-10-21;/h4-6,15,20-21H,3,7-14,16-17H2,1-2H3,(H,24,25);1H. The summed E-state index contributed by atoms with van der Waals surface area (Å²) in [4.78, 5) is 18.8. The molecule has 0 saturated carbocycles. The van der Waals surface area contributed by atoms with Gasteiger partial charge in [0.25, 0.3) is 0 Å². The molecule has 1 aromatic carbocycles. The summed E-state index contributed by atoms with van der Waals surface area (Å²) >= 11 is 0. The second kappa shape index (κ2) is 13.9. The normalized spacial score (nSPS) is 18.4. The third-order valence-electron chi connectivity index (χ3n) is 5.72. The van der Waals surface area contributed by atoms with Gasteiger partial charge in [-0.25, -0.2) is 4.99 Å². The van der Waals surface area contributed by atoms with Gasteiger partial charge in [-0.1, -0.05) is 24.3 Å². The highest BCUT2D eigenvalue weighted by Crippen LogP contribution is 2.19. The molecule has 2 aliphatic rings. The van der Waals surface area contributed by atoms with Gasteiger partial charge in [-0.2, -0.15) is 0 Å². The lowest BCUT2D eigenvalue weighted by atomic mass is 9.97. The molecule has 2 heterocycles. The van der Waals surface area contributed by atoms with Crippen molar-refractivity contribution in [2.24, 2.45) is 10.9 Å². The number of piperidine rings is 1. The van der Waals surface area contributed by atoms with Gasteiger partial charge in [-0.05, 0) is 43.7 Å². The quantitative estimate of drug-likeness (QED) is 0.245. The number of esters is 1. The van der Waals surface area contributed by atoms with Gasteiger partial charge in [0.15, 0.2) is 5.96 Å². The molecule has 0 unspecified atom stereocenters. The monoisotopic (exact) mass is 545 g/mol. The first kappa shape index (κ1) is 25.9. The van der Waals surface area contributed by atoms with Gasteiger partial charge in [0.2, 0.25) is 0 Å². The predicted octanol–water partition coefficient (Wildman–Crippen LogP) is 3.35. The number of rotatable bonds is 7. The largest absolute Gasteiger partial charge is 0.469 e. The number of nitrogens with zero attached hydrogens (tertiary/aromatic N) is 2. The zero-order valence-corrected chi connectivity index (χ0v) is 21.0. The summed E-state index contributed by atoms with van der Waals surface area (Å²) in [7, 11) is 1.46. The van der Waals surface area contributed by atoms with Crippen LogP contribution in [0.15, 0.2) is 29.3 Å². The molecule has 0 amide bonds. The summed E-state index contributed by atoms with van der Waals surface area (Å²) in [6, 6.07) is 8.46. The fourth-order valence-electron chi connectivity index (χ4n) is 3.96. The van der Waals surface area contributed by atoms with Crippen molar-refractivity contribution >= 4 is 35.9 Å². The molecule has 2 aliphatic heterocycles. The third kappa shape index (κ3) is 8.23. The fourth-order valence-corrected chi connectivity index (χ4v) is 3.96. The van der Waals surface area contributed by atoms with Gasteiger partial charge in [0.1, 0.15) is 0 Å². The number of nitrogens with one attached hydrogen (secondary N) is 1. The maximum Gasteiger partial charge on any atom is 0.308 e. The number of hydrogen-bond acceptors (Lipinski definition) is 5. The van der Waals surface area contributed by atoms with Crippen LogP contribution in [0.4, 0.5) is 0 Å². The van der Waals surface area contributed by atoms with Crippen LogP contribution in [-0.2, 0) is 32.2 Å². The topological polar surface area (TPSA) is 72.4 Å². The summed E-state index contributed by atoms with van der Waals surface area (Å²) in [5.41, 5.74) is 2.35. The average molecular weight is 545 g/mol. The first-order chi connectivity index (χ1) is 14.7. The average Bonchev–Trinajstić information content (AvgIpc) is 2.81. The van der Waals surface area contributed by atoms with Crippen molar-refractivity contribution in [2.45, 2.75) is 51.9 Å². The molecule has 0 aromatic heterocycles. The Morgan fingerprint density at radius 2 is 1.90 bits per heavy atom. The van der Waals surface area contributed by atoms with Gasteiger partial charge in [0, 0.05) is 32.8 Å². The number of carbonyl (C=O) groups is 1. The van der Waals surface area contributed by atoms with E-state index in [9.17, 15) is 4.79 Å². The molecule has 7 nitrogen and oxygen atoms in total. The van der Waals surface area contributed by atoms with Crippen LogP contribution >= 0.6 is 24.0 Å². The van der Waals surface area contributed by atoms with Gasteiger partial charge >= 0.3 is 5.97 Å². The second-order valence-corrected chi connectivity index (χ2v) is 7.90. The molecule has 2 fully saturated rings. The molecule has 31 heavy (non-hydrogen) atoms. The van der Waals surface area contributed by atoms with E-state index in [1.807, 2.05) is 0 Å². The van der Waals surface area contributed by atoms with E-state index in [4.69, 9.17) is 19.2 Å². The molecule has 2 saturated heterocycles. The summed E-state index contributed by atoms with van der Waals surface area (Å²) in [6.07, 6.45) is 3.85. The minimum Gasteiger partial charge on any atom is -0.469 e. The van der Waals surface area contributed by atoms with E-state index >= 15 is 0 Å². The first-order valence-electron chi connectivity index (χ1n) is 11.1. The zero-order chi connectivity index (χ0) is 21.2. The Hall–Kier alpha value is -1.39. The lowest BCUT2D eigenvalue weighted by Crippen LogP contribution is -2.46. The van der Waals surface area contributed by atoms with Crippen molar-refractivity contribution in [1.82, 2.24) is 10.2 Å². The summed E-state index contributed by atoms with van der Waals surface area (Å²) < 4.78 is 16.3. The van der Waals surface area contributed by atoms with Gasteiger partial charge in [-0.15, -0.1) is 24.0 Å². The van der Waals surface area contributed by atoms with Crippen molar-refractivity contribution in [3.63, 3.8) is 0 Å². The second-order valence-electron chi connectivity index (χ2n) is 7.90. The zero-order valence-electron chi connectivity index (χ0n) is 18.7. The minimum atomic E-state index is -0.101. The summed E-state index contributed by atoms with van der Waals surface area (Å²) in [5.74, 6) is 0.808. The molecule has 0 atom stereocenters. The molecule has 1 aromatic rings. The van der Waals surface area contributed by atoms with E-state index in [0.29, 0.717) is 19.3 Å². The minimum absolute atomic E-state index is 0. The Morgan fingerprint density at radius 3 is 2.58 bits per heavy atom. The van der Waals surface area contributed by atoms with E-state index in [0.717, 1.165) is 64.5 Å². The van der Waals surface area contributed by atoms with Crippen LogP contribution in [0.2, 0.25) is 0 Å². The fraction of sp³-hybridized carbons (Fsp3) is 0.652. The number of ether oxygens (including phenoxy) is 3. The number of guanidine groups is 1. The van der Waals surface area contributed by atoms with Crippen molar-refractivity contribution < 1.29 is 19.0 Å². The highest BCUT2D eigenvalue weighted by atomic mass is 127. The summed E-state index contributed by atoms with van der Waals surface area (Å²) in [5, 5.41) is 3.39. The molecule has 174 valence electrons. The molecule has 1 N–H and O–H groups in total. The Kier molecular flexibility index (Phi) is 11.6. The first-order valence-corrected chi connectivity index (χ1v) is 11.1. The molecule has 0 aliphatic carbocycles. The summed E-state index contributed by atoms with van der Waals surface area (Å²) in [6.45, 7) is 7.34. The van der Waals surface area contributed by atoms with E-state index in [1.165, 1.54) is 18.2 Å². The van der Waals surface area contributed by atoms with Crippen molar-refractivity contribution in [3.05, 3.63) is 35.4 Å². The highest BCUT2D eigenvalue weighted by molar-refractivity contribution is 14.0. The molecule has 0 bridgehead atoms. The maximum atomic E-state index is 11.8. The smallest absolute Gasteiger partial charge is 0.308 e. The van der Waals surface area contributed by atoms with Crippen LogP contribution in [0.25, 0.3) is 0 Å². The molecular formula is C23H36IN3O4. The van der Waals surface area contributed by atoms with Gasteiger partial charge in [-0.3, -0.25) is 4.79 Å². The molecule has 0 radical (unpaired) electrons. The Labute approximate surface area is 202 Å². The van der Waals surface area contributed by atoms with Crippen LogP contribution in [-0.4, -0.2) is 62.9 Å². The van der Waals surface area contributed by atoms with E-state index < -0.39 is 0 Å². The number of likely N-dealkylation sites (tertiary alicyclic amines) is 1. The third-order valence-corrected chi connectivity index (χ3v) is 5.72. The van der Waals surface area contributed by atoms with Crippen molar-refractivity contribution in [2.75, 3.05) is 40.0 Å². The number of benzene rings is 1. The van der Waals surface area contributed by atoms with E-state index in [1.54, 1.807) is 0 Å². The van der Waals surface area contributed by atoms with E-state index in [-0.39, 0.29) is 35.9 Å². The van der Waals surface area contributed by atoms with Crippen molar-refractivity contribution in [1.29, 1.82) is 0 Å². The van der Waals surface area contributed by atoms with Crippen LogP contribution in [0.3, 0.4) is 0 Å². The lowest BCUT2D eigenvalue weighted by molar-refractivity contribution is -0.146. The predicted molar refractivity (Wildman–Crippen MR) is 132 cm³/mol. The lowest BCUT2D eigenvalue weighted by Gasteiger charge is -2.33. The van der Waals surface area contributed by atoms with Crippen LogP contribution in [0, 0.1) is 5.92 Å². The van der Waals surface area contributed by atoms with Gasteiger partial charge < -0.3 is 24.4 Å². The SMILES string of the molecule is CCNC(=NCc1cccc(COC2CCOCC2)c1)N1CCC(C(=O)OC)CC1.I. The number of methoxy groups -OCH3 is 1. The van der Waals surface area contributed by atoms with Gasteiger partial charge in [0.05, 0.1) is 32.3 Å². The number of carbonyl (C=O) groups excluding carboxylic acids is 1. The van der Waals surface area contributed by atoms with Crippen LogP contribution < -0.4 is 5.32 Å². The molecule has 8 heteroatoms. The van der Waals surface area contributed by atoms with Crippen molar-refractivity contribution in [3.8, 4) is 0 Å². The Bertz CT molecular complexity index is 702. The number of halogens is 1. The Balaban J connectivity index is 0.00000341. The van der Waals surface area contributed by atoms with Crippen LogP contribution in [0.5, 0.6) is 0 Å². The highest BCUT2D eigenvalue weighted by Gasteiger charge is 2.26.